The molecule has 1 N–H and O–H groups in total. The average Bonchev–Trinajstić information content (AvgIpc) is 3.03. The summed E-state index contributed by atoms with van der Waals surface area (Å²) < 4.78 is 10.5. The van der Waals surface area contributed by atoms with E-state index in [4.69, 9.17) is 9.47 Å². The minimum absolute atomic E-state index is 0.254. The summed E-state index contributed by atoms with van der Waals surface area (Å²) in [6, 6.07) is 7.08. The largest absolute Gasteiger partial charge is 0.494 e. The summed E-state index contributed by atoms with van der Waals surface area (Å²) in [4.78, 5) is 26.1. The monoisotopic (exact) mass is 373 g/mol. The van der Waals surface area contributed by atoms with E-state index in [1.54, 1.807) is 18.2 Å². The Kier molecular flexibility index (Phi) is 5.93. The maximum atomic E-state index is 12.7. The van der Waals surface area contributed by atoms with Gasteiger partial charge in [-0.3, -0.25) is 4.79 Å². The number of carbonyl (C=O) groups is 2. The van der Waals surface area contributed by atoms with Crippen molar-refractivity contribution in [3.63, 3.8) is 0 Å². The third-order valence-electron chi connectivity index (χ3n) is 4.36. The van der Waals surface area contributed by atoms with E-state index in [1.807, 2.05) is 13.0 Å². The number of aryl methyl sites for hydroxylation is 1. The second-order valence-corrected chi connectivity index (χ2v) is 7.34. The van der Waals surface area contributed by atoms with Gasteiger partial charge in [0.15, 0.2) is 0 Å². The fraction of sp³-hybridized carbons (Fsp3) is 0.400. The van der Waals surface area contributed by atoms with Crippen molar-refractivity contribution in [2.24, 2.45) is 0 Å². The molecule has 6 heteroatoms. The van der Waals surface area contributed by atoms with Gasteiger partial charge in [0, 0.05) is 10.4 Å². The first-order valence-corrected chi connectivity index (χ1v) is 9.72. The second kappa shape index (κ2) is 8.36. The van der Waals surface area contributed by atoms with Gasteiger partial charge in [0.25, 0.3) is 5.91 Å². The number of amides is 1. The lowest BCUT2D eigenvalue weighted by atomic mass is 9.95. The first kappa shape index (κ1) is 18.5. The summed E-state index contributed by atoms with van der Waals surface area (Å²) in [5.74, 6) is 0.0218. The fourth-order valence-corrected chi connectivity index (χ4v) is 4.37. The van der Waals surface area contributed by atoms with Crippen molar-refractivity contribution in [3.8, 4) is 5.75 Å². The summed E-state index contributed by atoms with van der Waals surface area (Å²) >= 11 is 1.48. The summed E-state index contributed by atoms with van der Waals surface area (Å²) in [7, 11) is 1.37. The number of nitrogens with one attached hydrogen (secondary N) is 1. The van der Waals surface area contributed by atoms with Gasteiger partial charge in [0.1, 0.15) is 10.8 Å². The molecule has 5 nitrogen and oxygen atoms in total. The number of carbonyl (C=O) groups excluding carboxylic acids is 2. The van der Waals surface area contributed by atoms with E-state index >= 15 is 0 Å². The summed E-state index contributed by atoms with van der Waals surface area (Å²) in [5, 5.41) is 3.48. The highest BCUT2D eigenvalue weighted by Crippen LogP contribution is 2.38. The Morgan fingerprint density at radius 1 is 1.23 bits per heavy atom. The zero-order valence-electron chi connectivity index (χ0n) is 15.1. The molecule has 1 aliphatic carbocycles. The predicted molar refractivity (Wildman–Crippen MR) is 102 cm³/mol. The number of hydrogen-bond donors (Lipinski definition) is 1. The molecule has 0 fully saturated rings. The lowest BCUT2D eigenvalue weighted by Crippen LogP contribution is -2.15. The number of benzene rings is 1. The second-order valence-electron chi connectivity index (χ2n) is 6.24. The van der Waals surface area contributed by atoms with Gasteiger partial charge in [-0.1, -0.05) is 13.0 Å². The van der Waals surface area contributed by atoms with Crippen molar-refractivity contribution in [3.05, 3.63) is 45.8 Å². The number of thiophene rings is 1. The minimum atomic E-state index is -0.389. The van der Waals surface area contributed by atoms with Crippen molar-refractivity contribution in [2.75, 3.05) is 19.0 Å². The van der Waals surface area contributed by atoms with Crippen LogP contribution >= 0.6 is 11.3 Å². The molecule has 138 valence electrons. The number of rotatable bonds is 6. The molecule has 1 aliphatic rings. The smallest absolute Gasteiger partial charge is 0.341 e. The number of methoxy groups -OCH3 is 1. The minimum Gasteiger partial charge on any atom is -0.494 e. The van der Waals surface area contributed by atoms with Gasteiger partial charge >= 0.3 is 5.97 Å². The number of ether oxygens (including phenoxy) is 2. The lowest BCUT2D eigenvalue weighted by Gasteiger charge is -2.12. The van der Waals surface area contributed by atoms with Gasteiger partial charge in [0.2, 0.25) is 0 Å². The van der Waals surface area contributed by atoms with Gasteiger partial charge in [-0.15, -0.1) is 11.3 Å². The number of fused-ring (bicyclic) bond motifs is 1. The summed E-state index contributed by atoms with van der Waals surface area (Å²) in [6.07, 6.45) is 4.86. The van der Waals surface area contributed by atoms with Crippen LogP contribution in [0.2, 0.25) is 0 Å². The van der Waals surface area contributed by atoms with Crippen LogP contribution in [-0.4, -0.2) is 25.6 Å². The number of anilines is 1. The van der Waals surface area contributed by atoms with Crippen LogP contribution in [0.4, 0.5) is 5.00 Å². The van der Waals surface area contributed by atoms with Crippen LogP contribution < -0.4 is 10.1 Å². The molecular weight excluding hydrogens is 350 g/mol. The molecule has 26 heavy (non-hydrogen) atoms. The highest BCUT2D eigenvalue weighted by molar-refractivity contribution is 7.17. The van der Waals surface area contributed by atoms with Crippen LogP contribution in [-0.2, 0) is 17.6 Å². The van der Waals surface area contributed by atoms with E-state index < -0.39 is 0 Å². The van der Waals surface area contributed by atoms with Gasteiger partial charge in [-0.2, -0.15) is 0 Å². The topological polar surface area (TPSA) is 64.6 Å². The Hall–Kier alpha value is -2.34. The summed E-state index contributed by atoms with van der Waals surface area (Å²) in [5.41, 5.74) is 2.04. The van der Waals surface area contributed by atoms with Crippen molar-refractivity contribution < 1.29 is 19.1 Å². The van der Waals surface area contributed by atoms with Crippen molar-refractivity contribution in [1.82, 2.24) is 0 Å². The van der Waals surface area contributed by atoms with Crippen molar-refractivity contribution in [2.45, 2.75) is 39.0 Å². The van der Waals surface area contributed by atoms with E-state index in [0.29, 0.717) is 28.5 Å². The third kappa shape index (κ3) is 3.90. The number of hydrogen-bond acceptors (Lipinski definition) is 5. The van der Waals surface area contributed by atoms with Crippen LogP contribution in [0.3, 0.4) is 0 Å². The van der Waals surface area contributed by atoms with E-state index in [2.05, 4.69) is 5.32 Å². The molecular formula is C20H23NO4S. The molecule has 1 aromatic carbocycles. The Balaban J connectivity index is 1.85. The molecule has 3 rings (SSSR count). The zero-order chi connectivity index (χ0) is 18.5. The maximum absolute atomic E-state index is 12.7. The first-order valence-electron chi connectivity index (χ1n) is 8.91. The zero-order valence-corrected chi connectivity index (χ0v) is 15.9. The van der Waals surface area contributed by atoms with Crippen LogP contribution in [0.5, 0.6) is 5.75 Å². The molecule has 0 saturated carbocycles. The molecule has 1 heterocycles. The Morgan fingerprint density at radius 2 is 2.04 bits per heavy atom. The lowest BCUT2D eigenvalue weighted by molar-refractivity contribution is 0.0601. The third-order valence-corrected chi connectivity index (χ3v) is 5.56. The van der Waals surface area contributed by atoms with Gasteiger partial charge < -0.3 is 14.8 Å². The molecule has 1 amide bonds. The van der Waals surface area contributed by atoms with Crippen molar-refractivity contribution >= 4 is 28.2 Å². The van der Waals surface area contributed by atoms with Crippen molar-refractivity contribution in [1.29, 1.82) is 0 Å². The normalized spacial score (nSPS) is 13.0. The van der Waals surface area contributed by atoms with Crippen LogP contribution in [0, 0.1) is 0 Å². The quantitative estimate of drug-likeness (QED) is 0.760. The van der Waals surface area contributed by atoms with E-state index in [9.17, 15) is 9.59 Å². The fourth-order valence-electron chi connectivity index (χ4n) is 3.09. The van der Waals surface area contributed by atoms with Crippen LogP contribution in [0.15, 0.2) is 24.3 Å². The molecule has 0 bridgehead atoms. The van der Waals surface area contributed by atoms with Gasteiger partial charge in [-0.05, 0) is 55.9 Å². The van der Waals surface area contributed by atoms with Gasteiger partial charge in [-0.25, -0.2) is 4.79 Å². The molecule has 0 radical (unpaired) electrons. The van der Waals surface area contributed by atoms with Gasteiger partial charge in [0.05, 0.1) is 19.3 Å². The molecule has 0 aliphatic heterocycles. The summed E-state index contributed by atoms with van der Waals surface area (Å²) in [6.45, 7) is 2.64. The predicted octanol–water partition coefficient (Wildman–Crippen LogP) is 4.45. The Bertz CT molecular complexity index is 812. The highest BCUT2D eigenvalue weighted by atomic mass is 32.1. The Labute approximate surface area is 157 Å². The van der Waals surface area contributed by atoms with Crippen LogP contribution in [0.25, 0.3) is 0 Å². The molecule has 0 saturated heterocycles. The van der Waals surface area contributed by atoms with Crippen LogP contribution in [0.1, 0.15) is 57.3 Å². The SMILES string of the molecule is CCCOc1cccc(C(=O)Nc2sc3c(c2C(=O)OC)CCCC3)c1. The maximum Gasteiger partial charge on any atom is 0.341 e. The molecule has 0 spiro atoms. The number of esters is 1. The van der Waals surface area contributed by atoms with E-state index in [1.165, 1.54) is 23.3 Å². The standard InChI is InChI=1S/C20H23NO4S/c1-3-11-25-14-8-6-7-13(12-14)18(22)21-19-17(20(23)24-2)15-9-4-5-10-16(15)26-19/h6-8,12H,3-5,9-11H2,1-2H3,(H,21,22). The Morgan fingerprint density at radius 3 is 2.81 bits per heavy atom. The first-order chi connectivity index (χ1) is 12.6. The molecule has 1 aromatic heterocycles. The molecule has 0 atom stereocenters. The molecule has 0 unspecified atom stereocenters. The van der Waals surface area contributed by atoms with E-state index in [-0.39, 0.29) is 11.9 Å². The molecule has 2 aromatic rings. The highest BCUT2D eigenvalue weighted by Gasteiger charge is 2.27. The average molecular weight is 373 g/mol. The van der Waals surface area contributed by atoms with E-state index in [0.717, 1.165) is 37.7 Å².